The molecule has 5 heterocycles. The summed E-state index contributed by atoms with van der Waals surface area (Å²) in [5, 5.41) is 3.42. The van der Waals surface area contributed by atoms with Crippen LogP contribution >= 0.6 is 0 Å². The highest BCUT2D eigenvalue weighted by Crippen LogP contribution is 2.65. The molecule has 6 heteroatoms. The summed E-state index contributed by atoms with van der Waals surface area (Å²) in [5.41, 5.74) is 13.8. The second kappa shape index (κ2) is 14.1. The molecule has 3 aliphatic rings. The Morgan fingerprint density at radius 2 is 1.08 bits per heavy atom. The zero-order chi connectivity index (χ0) is 43.3. The van der Waals surface area contributed by atoms with Crippen molar-refractivity contribution in [3.05, 3.63) is 251 Å². The highest BCUT2D eigenvalue weighted by atomic mass is 16.5. The lowest BCUT2D eigenvalue weighted by Crippen LogP contribution is -2.32. The quantitative estimate of drug-likeness (QED) is 0.176. The summed E-state index contributed by atoms with van der Waals surface area (Å²) < 4.78 is 14.2. The minimum Gasteiger partial charge on any atom is -0.453 e. The number of nitrogens with zero attached hydrogens (tertiary/aromatic N) is 4. The maximum absolute atomic E-state index is 7.13. The Labute approximate surface area is 380 Å². The van der Waals surface area contributed by atoms with Gasteiger partial charge in [0, 0.05) is 56.4 Å². The van der Waals surface area contributed by atoms with Gasteiger partial charge in [-0.2, -0.15) is 0 Å². The molecule has 0 saturated heterocycles. The second-order valence-corrected chi connectivity index (χ2v) is 17.2. The average molecular weight is 845 g/mol. The van der Waals surface area contributed by atoms with Gasteiger partial charge in [-0.15, -0.1) is 0 Å². The van der Waals surface area contributed by atoms with Crippen LogP contribution in [0.4, 0.5) is 0 Å². The van der Waals surface area contributed by atoms with E-state index >= 15 is 0 Å². The van der Waals surface area contributed by atoms with Crippen molar-refractivity contribution in [3.63, 3.8) is 0 Å². The highest BCUT2D eigenvalue weighted by molar-refractivity contribution is 5.95. The molecule has 1 spiro atoms. The van der Waals surface area contributed by atoms with Crippen molar-refractivity contribution >= 4 is 21.7 Å². The maximum Gasteiger partial charge on any atom is 0.175 e. The number of para-hydroxylation sites is 3. The van der Waals surface area contributed by atoms with Crippen LogP contribution in [0.3, 0.4) is 0 Å². The molecule has 66 heavy (non-hydrogen) atoms. The van der Waals surface area contributed by atoms with Gasteiger partial charge in [-0.25, -0.2) is 15.0 Å². The number of fused-ring (bicyclic) bond motifs is 14. The summed E-state index contributed by atoms with van der Waals surface area (Å²) in [4.78, 5) is 21.1. The number of hydrogen-bond donors (Lipinski definition) is 0. The fourth-order valence-electron chi connectivity index (χ4n) is 11.0. The minimum atomic E-state index is -0.815. The van der Waals surface area contributed by atoms with Crippen molar-refractivity contribution < 1.29 is 9.47 Å². The van der Waals surface area contributed by atoms with E-state index in [1.165, 1.54) is 16.3 Å². The van der Waals surface area contributed by atoms with Crippen LogP contribution < -0.4 is 9.47 Å². The van der Waals surface area contributed by atoms with Crippen molar-refractivity contribution in [1.82, 2.24) is 19.9 Å². The van der Waals surface area contributed by atoms with E-state index in [-0.39, 0.29) is 5.92 Å². The second-order valence-electron chi connectivity index (χ2n) is 17.2. The van der Waals surface area contributed by atoms with E-state index < -0.39 is 5.41 Å². The Hall–Kier alpha value is -8.74. The van der Waals surface area contributed by atoms with Crippen LogP contribution in [0.2, 0.25) is 0 Å². The zero-order valence-corrected chi connectivity index (χ0v) is 35.4. The van der Waals surface area contributed by atoms with Gasteiger partial charge in [-0.05, 0) is 57.8 Å². The summed E-state index contributed by atoms with van der Waals surface area (Å²) >= 11 is 0. The van der Waals surface area contributed by atoms with Gasteiger partial charge >= 0.3 is 0 Å². The number of benzene rings is 8. The Kier molecular flexibility index (Phi) is 7.86. The van der Waals surface area contributed by atoms with E-state index in [0.717, 1.165) is 101 Å². The fraction of sp³-hybridized carbons (Fsp3) is 0.0333. The van der Waals surface area contributed by atoms with Crippen LogP contribution in [-0.2, 0) is 5.41 Å². The molecule has 8 aromatic carbocycles. The summed E-state index contributed by atoms with van der Waals surface area (Å²) in [7, 11) is 0. The first-order chi connectivity index (χ1) is 32.7. The summed E-state index contributed by atoms with van der Waals surface area (Å²) in [6, 6.07) is 72.0. The Morgan fingerprint density at radius 1 is 0.394 bits per heavy atom. The lowest BCUT2D eigenvalue weighted by molar-refractivity contribution is 0.381. The molecule has 0 N–H and O–H groups in total. The molecule has 0 radical (unpaired) electrons. The zero-order valence-electron chi connectivity index (χ0n) is 35.4. The third kappa shape index (κ3) is 5.18. The van der Waals surface area contributed by atoms with Crippen molar-refractivity contribution in [3.8, 4) is 68.3 Å². The Balaban J connectivity index is 0.981. The lowest BCUT2D eigenvalue weighted by atomic mass is 9.65. The molecular formula is C60H36N4O2. The first-order valence-corrected chi connectivity index (χ1v) is 22.3. The highest BCUT2D eigenvalue weighted by Gasteiger charge is 2.54. The van der Waals surface area contributed by atoms with Gasteiger partial charge < -0.3 is 9.47 Å². The molecular weight excluding hydrogens is 809 g/mol. The van der Waals surface area contributed by atoms with Gasteiger partial charge in [0.1, 0.15) is 11.5 Å². The Morgan fingerprint density at radius 3 is 2.00 bits per heavy atom. The van der Waals surface area contributed by atoms with Gasteiger partial charge in [0.25, 0.3) is 0 Å². The molecule has 2 atom stereocenters. The predicted octanol–water partition coefficient (Wildman–Crippen LogP) is 14.3. The minimum absolute atomic E-state index is 0.0949. The molecule has 11 aromatic rings. The third-order valence-electron chi connectivity index (χ3n) is 13.8. The Bertz CT molecular complexity index is 3800. The summed E-state index contributed by atoms with van der Waals surface area (Å²) in [6.07, 6.45) is 1.87. The van der Waals surface area contributed by atoms with Crippen LogP contribution in [0.25, 0.3) is 67.0 Å². The SMILES string of the molecule is c1ccc(-c2nc(-c3ccccc3-c3ccc4c(n3)-c3ncccc3C43c4ccccc4Oc4c3ccc3c4Oc4ccccc4C3c3cccc4ccccc34)nc3ccccc23)cc1. The predicted molar refractivity (Wildman–Crippen MR) is 260 cm³/mol. The summed E-state index contributed by atoms with van der Waals surface area (Å²) in [6.45, 7) is 0. The molecule has 0 fully saturated rings. The van der Waals surface area contributed by atoms with Gasteiger partial charge in [0.15, 0.2) is 17.3 Å². The van der Waals surface area contributed by atoms with Crippen molar-refractivity contribution in [2.24, 2.45) is 0 Å². The number of hydrogen-bond acceptors (Lipinski definition) is 6. The molecule has 0 saturated carbocycles. The van der Waals surface area contributed by atoms with Gasteiger partial charge in [0.2, 0.25) is 0 Å². The first kappa shape index (κ1) is 36.7. The van der Waals surface area contributed by atoms with Gasteiger partial charge in [-0.1, -0.05) is 176 Å². The van der Waals surface area contributed by atoms with E-state index in [2.05, 4.69) is 152 Å². The topological polar surface area (TPSA) is 70.0 Å². The molecule has 2 unspecified atom stereocenters. The van der Waals surface area contributed by atoms with Crippen LogP contribution in [0.15, 0.2) is 212 Å². The normalized spacial score (nSPS) is 16.0. The lowest BCUT2D eigenvalue weighted by Gasteiger charge is -2.41. The van der Waals surface area contributed by atoms with E-state index in [1.807, 2.05) is 60.8 Å². The van der Waals surface area contributed by atoms with Gasteiger partial charge in [0.05, 0.1) is 33.7 Å². The fourth-order valence-corrected chi connectivity index (χ4v) is 11.0. The van der Waals surface area contributed by atoms with Crippen LogP contribution in [0.1, 0.15) is 44.9 Å². The molecule has 0 amide bonds. The van der Waals surface area contributed by atoms with E-state index in [1.54, 1.807) is 0 Å². The van der Waals surface area contributed by atoms with E-state index in [0.29, 0.717) is 11.6 Å². The number of ether oxygens (including phenoxy) is 2. The van der Waals surface area contributed by atoms with Crippen molar-refractivity contribution in [1.29, 1.82) is 0 Å². The van der Waals surface area contributed by atoms with Crippen LogP contribution in [0, 0.1) is 0 Å². The maximum atomic E-state index is 7.13. The average Bonchev–Trinajstić information content (AvgIpc) is 3.67. The smallest absolute Gasteiger partial charge is 0.175 e. The number of pyridine rings is 2. The molecule has 1 aliphatic carbocycles. The molecule has 0 bridgehead atoms. The van der Waals surface area contributed by atoms with Gasteiger partial charge in [-0.3, -0.25) is 4.98 Å². The molecule has 2 aliphatic heterocycles. The van der Waals surface area contributed by atoms with E-state index in [4.69, 9.17) is 29.4 Å². The molecule has 308 valence electrons. The molecule has 3 aromatic heterocycles. The number of aromatic nitrogens is 4. The number of rotatable bonds is 4. The van der Waals surface area contributed by atoms with Crippen molar-refractivity contribution in [2.75, 3.05) is 0 Å². The van der Waals surface area contributed by atoms with E-state index in [9.17, 15) is 0 Å². The molecule has 14 rings (SSSR count). The first-order valence-electron chi connectivity index (χ1n) is 22.3. The molecule has 6 nitrogen and oxygen atoms in total. The monoisotopic (exact) mass is 844 g/mol. The standard InChI is InChI=1S/C60H36N4O2/c1-2-17-37(18-3-1)54-42-23-8-11-28-49(42)63-59(64-54)41-22-7-6-21-39(41)50-34-33-47-56(62-50)55-46(27-15-35-61-55)60(47)45-26-10-13-30-52(45)66-58-48(60)32-31-44-53(43-24-9-12-29-51(43)65-57(44)58)40-25-14-19-36-16-4-5-20-38(36)40/h1-35,53H. The van der Waals surface area contributed by atoms with Crippen LogP contribution in [0.5, 0.6) is 23.0 Å². The van der Waals surface area contributed by atoms with Crippen molar-refractivity contribution in [2.45, 2.75) is 11.3 Å². The largest absolute Gasteiger partial charge is 0.453 e. The summed E-state index contributed by atoms with van der Waals surface area (Å²) in [5.74, 6) is 3.55. The van der Waals surface area contributed by atoms with Crippen LogP contribution in [-0.4, -0.2) is 19.9 Å². The third-order valence-corrected chi connectivity index (χ3v) is 13.8.